The summed E-state index contributed by atoms with van der Waals surface area (Å²) in [4.78, 5) is 25.2. The quantitative estimate of drug-likeness (QED) is 0.160. The van der Waals surface area contributed by atoms with E-state index < -0.39 is 11.9 Å². The molecule has 1 N–H and O–H groups in total. The number of nitrogens with one attached hydrogen (secondary N) is 1. The Hall–Kier alpha value is -4.73. The van der Waals surface area contributed by atoms with Crippen LogP contribution in [0.25, 0.3) is 0 Å². The van der Waals surface area contributed by atoms with Gasteiger partial charge in [0.25, 0.3) is 5.91 Å². The molecule has 0 bridgehead atoms. The van der Waals surface area contributed by atoms with E-state index in [0.717, 1.165) is 6.42 Å². The summed E-state index contributed by atoms with van der Waals surface area (Å²) in [5.74, 6) is 1.29. The van der Waals surface area contributed by atoms with Crippen LogP contribution in [0.5, 0.6) is 34.5 Å². The van der Waals surface area contributed by atoms with Gasteiger partial charge in [-0.1, -0.05) is 6.92 Å². The summed E-state index contributed by atoms with van der Waals surface area (Å²) in [6.45, 7) is 2.62. The molecule has 0 aliphatic heterocycles. The molecule has 3 aromatic rings. The fourth-order valence-corrected chi connectivity index (χ4v) is 3.36. The summed E-state index contributed by atoms with van der Waals surface area (Å²) >= 11 is 0. The third kappa shape index (κ3) is 6.94. The highest BCUT2D eigenvalue weighted by Gasteiger charge is 2.17. The smallest absolute Gasteiger partial charge is 0.343 e. The zero-order valence-corrected chi connectivity index (χ0v) is 21.9. The lowest BCUT2D eigenvalue weighted by Crippen LogP contribution is -2.18. The maximum absolute atomic E-state index is 12.6. The number of rotatable bonds is 12. The van der Waals surface area contributed by atoms with Crippen LogP contribution in [0.1, 0.15) is 39.6 Å². The molecule has 0 fully saturated rings. The van der Waals surface area contributed by atoms with E-state index in [2.05, 4.69) is 10.5 Å². The van der Waals surface area contributed by atoms with E-state index in [4.69, 9.17) is 28.4 Å². The molecular weight excluding hydrogens is 492 g/mol. The van der Waals surface area contributed by atoms with E-state index in [9.17, 15) is 9.59 Å². The van der Waals surface area contributed by atoms with Crippen molar-refractivity contribution in [1.29, 1.82) is 0 Å². The number of amides is 1. The average Bonchev–Trinajstić information content (AvgIpc) is 2.95. The van der Waals surface area contributed by atoms with Gasteiger partial charge in [0.05, 0.1) is 46.8 Å². The molecular formula is C28H30N2O8. The molecule has 3 aromatic carbocycles. The molecule has 0 heterocycles. The van der Waals surface area contributed by atoms with Gasteiger partial charge in [-0.25, -0.2) is 10.2 Å². The van der Waals surface area contributed by atoms with Crippen molar-refractivity contribution in [2.45, 2.75) is 13.3 Å². The molecule has 10 heteroatoms. The number of ether oxygens (including phenoxy) is 6. The molecule has 1 amide bonds. The van der Waals surface area contributed by atoms with Crippen LogP contribution in [-0.4, -0.2) is 53.1 Å². The topological polar surface area (TPSA) is 114 Å². The lowest BCUT2D eigenvalue weighted by Gasteiger charge is -2.13. The van der Waals surface area contributed by atoms with Crippen LogP contribution in [0.2, 0.25) is 0 Å². The van der Waals surface area contributed by atoms with Gasteiger partial charge in [0.1, 0.15) is 5.75 Å². The van der Waals surface area contributed by atoms with Crippen LogP contribution in [0.15, 0.2) is 59.7 Å². The van der Waals surface area contributed by atoms with Crippen molar-refractivity contribution >= 4 is 18.1 Å². The monoisotopic (exact) mass is 522 g/mol. The summed E-state index contributed by atoms with van der Waals surface area (Å²) in [7, 11) is 5.86. The van der Waals surface area contributed by atoms with Crippen molar-refractivity contribution in [2.75, 3.05) is 35.0 Å². The van der Waals surface area contributed by atoms with Crippen LogP contribution in [0.4, 0.5) is 0 Å². The zero-order chi connectivity index (χ0) is 27.5. The van der Waals surface area contributed by atoms with Crippen molar-refractivity contribution in [1.82, 2.24) is 5.43 Å². The number of methoxy groups -OCH3 is 4. The van der Waals surface area contributed by atoms with Crippen molar-refractivity contribution < 1.29 is 38.0 Å². The second kappa shape index (κ2) is 13.5. The Bertz CT molecular complexity index is 1260. The largest absolute Gasteiger partial charge is 0.494 e. The van der Waals surface area contributed by atoms with Gasteiger partial charge in [0.2, 0.25) is 5.75 Å². The summed E-state index contributed by atoms with van der Waals surface area (Å²) in [5.41, 5.74) is 3.69. The van der Waals surface area contributed by atoms with Gasteiger partial charge in [0.15, 0.2) is 23.0 Å². The third-order valence-electron chi connectivity index (χ3n) is 5.26. The molecule has 0 saturated heterocycles. The Balaban J connectivity index is 1.67. The SMILES string of the molecule is CCCOc1ccc(C(=O)Oc2ccc(C=NNC(=O)c3cc(OC)c(OC)c(OC)c3)cc2OC)cc1. The first-order valence-corrected chi connectivity index (χ1v) is 11.7. The van der Waals surface area contributed by atoms with E-state index in [1.807, 2.05) is 6.92 Å². The Morgan fingerprint density at radius 3 is 2.03 bits per heavy atom. The highest BCUT2D eigenvalue weighted by atomic mass is 16.6. The fourth-order valence-electron chi connectivity index (χ4n) is 3.36. The minimum Gasteiger partial charge on any atom is -0.494 e. The Morgan fingerprint density at radius 1 is 0.789 bits per heavy atom. The standard InChI is InChI=1S/C28H30N2O8/c1-6-13-37-21-10-8-19(9-11-21)28(32)38-22-12-7-18(14-23(22)33-2)17-29-30-27(31)20-15-24(34-3)26(36-5)25(16-20)35-4/h7-12,14-17H,6,13H2,1-5H3,(H,30,31). The van der Waals surface area contributed by atoms with Crippen LogP contribution in [-0.2, 0) is 0 Å². The Kier molecular flexibility index (Phi) is 9.93. The molecule has 38 heavy (non-hydrogen) atoms. The first-order chi connectivity index (χ1) is 18.4. The highest BCUT2D eigenvalue weighted by Crippen LogP contribution is 2.38. The molecule has 0 aliphatic rings. The van der Waals surface area contributed by atoms with E-state index >= 15 is 0 Å². The fraction of sp³-hybridized carbons (Fsp3) is 0.250. The molecule has 3 rings (SSSR count). The third-order valence-corrected chi connectivity index (χ3v) is 5.26. The first kappa shape index (κ1) is 27.9. The van der Waals surface area contributed by atoms with Gasteiger partial charge in [-0.05, 0) is 66.6 Å². The summed E-state index contributed by atoms with van der Waals surface area (Å²) in [6.07, 6.45) is 2.32. The number of carbonyl (C=O) groups excluding carboxylic acids is 2. The number of hydrogen-bond acceptors (Lipinski definition) is 9. The highest BCUT2D eigenvalue weighted by molar-refractivity contribution is 5.96. The lowest BCUT2D eigenvalue weighted by atomic mass is 10.1. The van der Waals surface area contributed by atoms with Gasteiger partial charge in [0, 0.05) is 5.56 Å². The number of hydrazone groups is 1. The number of nitrogens with zero attached hydrogens (tertiary/aromatic N) is 1. The van der Waals surface area contributed by atoms with Gasteiger partial charge < -0.3 is 28.4 Å². The molecule has 0 radical (unpaired) electrons. The van der Waals surface area contributed by atoms with Gasteiger partial charge in [-0.15, -0.1) is 0 Å². The minimum atomic E-state index is -0.538. The van der Waals surface area contributed by atoms with E-state index in [0.29, 0.717) is 46.5 Å². The predicted octanol–water partition coefficient (Wildman–Crippen LogP) is 4.49. The van der Waals surface area contributed by atoms with Crippen molar-refractivity contribution in [3.05, 3.63) is 71.3 Å². The molecule has 200 valence electrons. The van der Waals surface area contributed by atoms with Gasteiger partial charge in [-0.3, -0.25) is 4.79 Å². The summed E-state index contributed by atoms with van der Waals surface area (Å²) in [5, 5.41) is 4.00. The van der Waals surface area contributed by atoms with Crippen molar-refractivity contribution in [3.63, 3.8) is 0 Å². The van der Waals surface area contributed by atoms with Crippen molar-refractivity contribution in [2.24, 2.45) is 5.10 Å². The molecule has 0 atom stereocenters. The predicted molar refractivity (Wildman–Crippen MR) is 141 cm³/mol. The number of benzene rings is 3. The maximum atomic E-state index is 12.6. The number of carbonyl (C=O) groups is 2. The van der Waals surface area contributed by atoms with E-state index in [1.54, 1.807) is 42.5 Å². The Morgan fingerprint density at radius 2 is 1.45 bits per heavy atom. The van der Waals surface area contributed by atoms with Gasteiger partial charge in [-0.2, -0.15) is 5.10 Å². The van der Waals surface area contributed by atoms with Crippen LogP contribution >= 0.6 is 0 Å². The number of esters is 1. The molecule has 0 unspecified atom stereocenters. The molecule has 0 aliphatic carbocycles. The second-order valence-electron chi connectivity index (χ2n) is 7.79. The normalized spacial score (nSPS) is 10.6. The first-order valence-electron chi connectivity index (χ1n) is 11.7. The number of hydrogen-bond donors (Lipinski definition) is 1. The molecule has 0 saturated carbocycles. The van der Waals surface area contributed by atoms with Crippen LogP contribution in [0.3, 0.4) is 0 Å². The summed E-state index contributed by atoms with van der Waals surface area (Å²) < 4.78 is 32.2. The van der Waals surface area contributed by atoms with Crippen LogP contribution in [0, 0.1) is 0 Å². The van der Waals surface area contributed by atoms with Crippen LogP contribution < -0.4 is 33.8 Å². The Labute approximate surface area is 221 Å². The van der Waals surface area contributed by atoms with Gasteiger partial charge >= 0.3 is 5.97 Å². The average molecular weight is 523 g/mol. The molecule has 10 nitrogen and oxygen atoms in total. The maximum Gasteiger partial charge on any atom is 0.343 e. The van der Waals surface area contributed by atoms with Crippen molar-refractivity contribution in [3.8, 4) is 34.5 Å². The lowest BCUT2D eigenvalue weighted by molar-refractivity contribution is 0.0729. The van der Waals surface area contributed by atoms with E-state index in [-0.39, 0.29) is 11.3 Å². The second-order valence-corrected chi connectivity index (χ2v) is 7.79. The summed E-state index contributed by atoms with van der Waals surface area (Å²) in [6, 6.07) is 14.6. The minimum absolute atomic E-state index is 0.238. The molecule has 0 spiro atoms. The molecule has 0 aromatic heterocycles. The zero-order valence-electron chi connectivity index (χ0n) is 21.9. The van der Waals surface area contributed by atoms with E-state index in [1.165, 1.54) is 46.8 Å².